The standard InChI is InChI=1S/C25H24F2N2O3/c26-21-9-3-1-7-19(21)24(20-8-2-4-10-22(20)27)32-18-12-14-29(15-13-18)16-17-6-5-11-23(28-17)25(30)31/h1-11,18,24H,12-16H2,(H,30,31). The van der Waals surface area contributed by atoms with Crippen molar-refractivity contribution in [3.05, 3.63) is 101 Å². The molecule has 3 aromatic rings. The molecule has 1 N–H and O–H groups in total. The molecule has 0 aliphatic carbocycles. The van der Waals surface area contributed by atoms with Gasteiger partial charge in [0.15, 0.2) is 0 Å². The molecule has 0 spiro atoms. The summed E-state index contributed by atoms with van der Waals surface area (Å²) in [5.74, 6) is -1.91. The van der Waals surface area contributed by atoms with E-state index in [0.717, 1.165) is 0 Å². The number of aromatic nitrogens is 1. The first-order chi connectivity index (χ1) is 15.5. The van der Waals surface area contributed by atoms with E-state index in [1.54, 1.807) is 48.5 Å². The average Bonchev–Trinajstić information content (AvgIpc) is 2.80. The maximum absolute atomic E-state index is 14.5. The van der Waals surface area contributed by atoms with Crippen molar-refractivity contribution in [2.45, 2.75) is 31.6 Å². The van der Waals surface area contributed by atoms with Gasteiger partial charge in [-0.15, -0.1) is 0 Å². The van der Waals surface area contributed by atoms with Gasteiger partial charge in [0, 0.05) is 30.8 Å². The van der Waals surface area contributed by atoms with Gasteiger partial charge in [-0.05, 0) is 37.1 Å². The van der Waals surface area contributed by atoms with Crippen LogP contribution in [0.3, 0.4) is 0 Å². The number of halogens is 2. The molecular weight excluding hydrogens is 414 g/mol. The number of rotatable bonds is 7. The van der Waals surface area contributed by atoms with Crippen LogP contribution >= 0.6 is 0 Å². The summed E-state index contributed by atoms with van der Waals surface area (Å²) in [6, 6.07) is 17.6. The number of piperidine rings is 1. The van der Waals surface area contributed by atoms with Crippen molar-refractivity contribution < 1.29 is 23.4 Å². The van der Waals surface area contributed by atoms with Crippen LogP contribution in [0.25, 0.3) is 0 Å². The number of benzene rings is 2. The smallest absolute Gasteiger partial charge is 0.354 e. The predicted octanol–water partition coefficient (Wildman–Crippen LogP) is 4.83. The number of hydrogen-bond donors (Lipinski definition) is 1. The molecule has 32 heavy (non-hydrogen) atoms. The lowest BCUT2D eigenvalue weighted by Crippen LogP contribution is -2.37. The van der Waals surface area contributed by atoms with Gasteiger partial charge >= 0.3 is 5.97 Å². The van der Waals surface area contributed by atoms with E-state index >= 15 is 0 Å². The van der Waals surface area contributed by atoms with Crippen LogP contribution in [0.5, 0.6) is 0 Å². The number of nitrogens with zero attached hydrogens (tertiary/aromatic N) is 2. The van der Waals surface area contributed by atoms with E-state index in [0.29, 0.717) is 49.3 Å². The fraction of sp³-hybridized carbons (Fsp3) is 0.280. The highest BCUT2D eigenvalue weighted by Crippen LogP contribution is 2.33. The van der Waals surface area contributed by atoms with Gasteiger partial charge in [-0.1, -0.05) is 42.5 Å². The Kier molecular flexibility index (Phi) is 6.87. The minimum Gasteiger partial charge on any atom is -0.477 e. The first kappa shape index (κ1) is 22.0. The SMILES string of the molecule is O=C(O)c1cccc(CN2CCC(OC(c3ccccc3F)c3ccccc3F)CC2)n1. The number of carbonyl (C=O) groups is 1. The molecule has 0 bridgehead atoms. The van der Waals surface area contributed by atoms with Gasteiger partial charge in [0.05, 0.1) is 11.8 Å². The minimum atomic E-state index is -1.05. The fourth-order valence-corrected chi connectivity index (χ4v) is 4.00. The summed E-state index contributed by atoms with van der Waals surface area (Å²) >= 11 is 0. The summed E-state index contributed by atoms with van der Waals surface area (Å²) in [6.07, 6.45) is 0.396. The molecular formula is C25H24F2N2O3. The Bertz CT molecular complexity index is 1040. The van der Waals surface area contributed by atoms with Gasteiger partial charge in [0.2, 0.25) is 0 Å². The van der Waals surface area contributed by atoms with Gasteiger partial charge in [-0.25, -0.2) is 18.6 Å². The zero-order valence-corrected chi connectivity index (χ0v) is 17.5. The molecule has 7 heteroatoms. The lowest BCUT2D eigenvalue weighted by Gasteiger charge is -2.34. The Morgan fingerprint density at radius 2 is 1.56 bits per heavy atom. The van der Waals surface area contributed by atoms with Crippen LogP contribution in [0.4, 0.5) is 8.78 Å². The molecule has 2 aromatic carbocycles. The number of aromatic carboxylic acids is 1. The zero-order valence-electron chi connectivity index (χ0n) is 17.5. The van der Waals surface area contributed by atoms with Crippen LogP contribution in [0, 0.1) is 11.6 Å². The van der Waals surface area contributed by atoms with Crippen molar-refractivity contribution in [3.63, 3.8) is 0 Å². The van der Waals surface area contributed by atoms with Crippen LogP contribution in [-0.4, -0.2) is 40.2 Å². The molecule has 0 unspecified atom stereocenters. The van der Waals surface area contributed by atoms with E-state index in [4.69, 9.17) is 9.84 Å². The number of carboxylic acid groups (broad SMARTS) is 1. The van der Waals surface area contributed by atoms with Crippen LogP contribution in [0.2, 0.25) is 0 Å². The van der Waals surface area contributed by atoms with E-state index in [1.807, 2.05) is 0 Å². The quantitative estimate of drug-likeness (QED) is 0.573. The number of pyridine rings is 1. The third-order valence-corrected chi connectivity index (χ3v) is 5.65. The van der Waals surface area contributed by atoms with Gasteiger partial charge in [-0.2, -0.15) is 0 Å². The van der Waals surface area contributed by atoms with Crippen LogP contribution < -0.4 is 0 Å². The summed E-state index contributed by atoms with van der Waals surface area (Å²) in [6.45, 7) is 1.97. The second-order valence-electron chi connectivity index (χ2n) is 7.85. The molecule has 2 heterocycles. The van der Waals surface area contributed by atoms with E-state index in [9.17, 15) is 13.6 Å². The predicted molar refractivity (Wildman–Crippen MR) is 115 cm³/mol. The molecule has 1 fully saturated rings. The normalized spacial score (nSPS) is 15.2. The molecule has 1 aliphatic rings. The topological polar surface area (TPSA) is 62.7 Å². The number of hydrogen-bond acceptors (Lipinski definition) is 4. The fourth-order valence-electron chi connectivity index (χ4n) is 4.00. The van der Waals surface area contributed by atoms with Gasteiger partial charge in [0.1, 0.15) is 23.4 Å². The highest BCUT2D eigenvalue weighted by molar-refractivity contribution is 5.85. The van der Waals surface area contributed by atoms with Gasteiger partial charge < -0.3 is 9.84 Å². The largest absolute Gasteiger partial charge is 0.477 e. The highest BCUT2D eigenvalue weighted by atomic mass is 19.1. The van der Waals surface area contributed by atoms with Gasteiger partial charge in [0.25, 0.3) is 0 Å². The molecule has 0 saturated carbocycles. The first-order valence-electron chi connectivity index (χ1n) is 10.6. The summed E-state index contributed by atoms with van der Waals surface area (Å²) < 4.78 is 35.4. The first-order valence-corrected chi connectivity index (χ1v) is 10.6. The van der Waals surface area contributed by atoms with E-state index in [-0.39, 0.29) is 11.8 Å². The highest BCUT2D eigenvalue weighted by Gasteiger charge is 2.28. The zero-order chi connectivity index (χ0) is 22.5. The Hall–Kier alpha value is -3.16. The van der Waals surface area contributed by atoms with Crippen molar-refractivity contribution in [2.24, 2.45) is 0 Å². The Morgan fingerprint density at radius 1 is 0.969 bits per heavy atom. The second kappa shape index (κ2) is 9.97. The van der Waals surface area contributed by atoms with Gasteiger partial charge in [-0.3, -0.25) is 4.90 Å². The third kappa shape index (κ3) is 5.18. The molecule has 1 saturated heterocycles. The molecule has 4 rings (SSSR count). The monoisotopic (exact) mass is 438 g/mol. The number of ether oxygens (including phenoxy) is 1. The van der Waals surface area contributed by atoms with E-state index in [2.05, 4.69) is 9.88 Å². The third-order valence-electron chi connectivity index (χ3n) is 5.65. The molecule has 0 radical (unpaired) electrons. The summed E-state index contributed by atoms with van der Waals surface area (Å²) in [7, 11) is 0. The molecule has 166 valence electrons. The van der Waals surface area contributed by atoms with Crippen molar-refractivity contribution in [2.75, 3.05) is 13.1 Å². The second-order valence-corrected chi connectivity index (χ2v) is 7.85. The molecule has 0 atom stereocenters. The minimum absolute atomic E-state index is 0.0262. The van der Waals surface area contributed by atoms with Crippen LogP contribution in [0.15, 0.2) is 66.7 Å². The summed E-state index contributed by atoms with van der Waals surface area (Å²) in [5.41, 5.74) is 1.35. The number of carboxylic acids is 1. The van der Waals surface area contributed by atoms with Crippen molar-refractivity contribution >= 4 is 5.97 Å². The average molecular weight is 438 g/mol. The van der Waals surface area contributed by atoms with Crippen molar-refractivity contribution in [1.29, 1.82) is 0 Å². The van der Waals surface area contributed by atoms with Crippen molar-refractivity contribution in [3.8, 4) is 0 Å². The Labute approximate surface area is 185 Å². The molecule has 1 aliphatic heterocycles. The van der Waals surface area contributed by atoms with Crippen molar-refractivity contribution in [1.82, 2.24) is 9.88 Å². The summed E-state index contributed by atoms with van der Waals surface area (Å²) in [5, 5.41) is 9.11. The number of likely N-dealkylation sites (tertiary alicyclic amines) is 1. The lowest BCUT2D eigenvalue weighted by atomic mass is 9.99. The Morgan fingerprint density at radius 3 is 2.12 bits per heavy atom. The van der Waals surface area contributed by atoms with E-state index < -0.39 is 23.7 Å². The van der Waals surface area contributed by atoms with Crippen LogP contribution in [-0.2, 0) is 11.3 Å². The molecule has 5 nitrogen and oxygen atoms in total. The Balaban J connectivity index is 1.44. The molecule has 1 aromatic heterocycles. The summed E-state index contributed by atoms with van der Waals surface area (Å²) in [4.78, 5) is 17.5. The van der Waals surface area contributed by atoms with E-state index in [1.165, 1.54) is 18.2 Å². The lowest BCUT2D eigenvalue weighted by molar-refractivity contribution is -0.0306. The molecule has 0 amide bonds. The maximum Gasteiger partial charge on any atom is 0.354 e. The maximum atomic E-state index is 14.5. The van der Waals surface area contributed by atoms with Crippen LogP contribution in [0.1, 0.15) is 46.3 Å².